The van der Waals surface area contributed by atoms with Crippen molar-refractivity contribution < 1.29 is 4.74 Å². The monoisotopic (exact) mass is 216 g/mol. The summed E-state index contributed by atoms with van der Waals surface area (Å²) >= 11 is 0. The van der Waals surface area contributed by atoms with Gasteiger partial charge in [-0.05, 0) is 25.1 Å². The molecule has 3 heteroatoms. The fourth-order valence-electron chi connectivity index (χ4n) is 2.03. The minimum absolute atomic E-state index is 0.492. The third kappa shape index (κ3) is 2.41. The molecule has 1 fully saturated rings. The molecule has 84 valence electrons. The van der Waals surface area contributed by atoms with Crippen molar-refractivity contribution in [3.05, 3.63) is 35.4 Å². The van der Waals surface area contributed by atoms with E-state index in [0.717, 1.165) is 37.3 Å². The first-order valence-electron chi connectivity index (χ1n) is 5.57. The molecule has 0 radical (unpaired) electrons. The predicted molar refractivity (Wildman–Crippen MR) is 61.8 cm³/mol. The third-order valence-corrected chi connectivity index (χ3v) is 3.09. The molecule has 1 aliphatic rings. The molecule has 2 rings (SSSR count). The molecule has 0 aliphatic carbocycles. The first-order chi connectivity index (χ1) is 7.81. The Hall–Kier alpha value is -1.37. The van der Waals surface area contributed by atoms with Crippen LogP contribution in [-0.4, -0.2) is 31.2 Å². The van der Waals surface area contributed by atoms with Crippen LogP contribution in [0.3, 0.4) is 0 Å². The van der Waals surface area contributed by atoms with Gasteiger partial charge in [0.2, 0.25) is 0 Å². The van der Waals surface area contributed by atoms with Crippen molar-refractivity contribution in [2.24, 2.45) is 0 Å². The highest BCUT2D eigenvalue weighted by atomic mass is 16.5. The molecule has 1 heterocycles. The highest BCUT2D eigenvalue weighted by molar-refractivity contribution is 5.37. The summed E-state index contributed by atoms with van der Waals surface area (Å²) in [6.45, 7) is 2.48. The smallest absolute Gasteiger partial charge is 0.0995 e. The van der Waals surface area contributed by atoms with Crippen LogP contribution in [0.2, 0.25) is 0 Å². The minimum Gasteiger partial charge on any atom is -0.380 e. The molecule has 1 atom stereocenters. The quantitative estimate of drug-likeness (QED) is 0.772. The van der Waals surface area contributed by atoms with Crippen molar-refractivity contribution in [2.45, 2.75) is 19.0 Å². The number of nitrogens with zero attached hydrogens (tertiary/aromatic N) is 2. The highest BCUT2D eigenvalue weighted by Gasteiger charge is 2.20. The van der Waals surface area contributed by atoms with Gasteiger partial charge < -0.3 is 4.74 Å². The molecule has 1 aliphatic heterocycles. The Balaban J connectivity index is 2.05. The molecule has 0 N–H and O–H groups in total. The SMILES string of the molecule is CN(Cc1ccccc1C#N)C1CCOC1. The van der Waals surface area contributed by atoms with Gasteiger partial charge in [0.1, 0.15) is 0 Å². The number of hydrogen-bond acceptors (Lipinski definition) is 3. The first kappa shape index (κ1) is 11.1. The topological polar surface area (TPSA) is 36.3 Å². The van der Waals surface area contributed by atoms with Gasteiger partial charge >= 0.3 is 0 Å². The molecular formula is C13H16N2O. The minimum atomic E-state index is 0.492. The van der Waals surface area contributed by atoms with Crippen molar-refractivity contribution in [1.82, 2.24) is 4.90 Å². The molecule has 1 aromatic carbocycles. The maximum absolute atomic E-state index is 9.00. The van der Waals surface area contributed by atoms with E-state index in [1.807, 2.05) is 24.3 Å². The molecule has 0 saturated carbocycles. The zero-order chi connectivity index (χ0) is 11.4. The Kier molecular flexibility index (Phi) is 3.55. The van der Waals surface area contributed by atoms with Gasteiger partial charge in [-0.1, -0.05) is 18.2 Å². The molecular weight excluding hydrogens is 200 g/mol. The van der Waals surface area contributed by atoms with Gasteiger partial charge in [-0.2, -0.15) is 5.26 Å². The zero-order valence-electron chi connectivity index (χ0n) is 9.52. The molecule has 1 saturated heterocycles. The molecule has 0 aromatic heterocycles. The molecule has 3 nitrogen and oxygen atoms in total. The van der Waals surface area contributed by atoms with Crippen molar-refractivity contribution in [1.29, 1.82) is 5.26 Å². The second-order valence-electron chi connectivity index (χ2n) is 4.20. The van der Waals surface area contributed by atoms with Gasteiger partial charge in [-0.25, -0.2) is 0 Å². The molecule has 0 bridgehead atoms. The second kappa shape index (κ2) is 5.11. The van der Waals surface area contributed by atoms with Gasteiger partial charge in [-0.15, -0.1) is 0 Å². The number of nitriles is 1. The molecule has 0 spiro atoms. The van der Waals surface area contributed by atoms with Crippen LogP contribution < -0.4 is 0 Å². The van der Waals surface area contributed by atoms with Crippen molar-refractivity contribution in [2.75, 3.05) is 20.3 Å². The Labute approximate surface area is 96.2 Å². The number of hydrogen-bond donors (Lipinski definition) is 0. The van der Waals surface area contributed by atoms with Gasteiger partial charge in [0.15, 0.2) is 0 Å². The van der Waals surface area contributed by atoms with E-state index in [9.17, 15) is 0 Å². The number of likely N-dealkylation sites (N-methyl/N-ethyl adjacent to an activating group) is 1. The normalized spacial score (nSPS) is 19.9. The van der Waals surface area contributed by atoms with E-state index in [1.54, 1.807) is 0 Å². The van der Waals surface area contributed by atoms with Crippen LogP contribution in [-0.2, 0) is 11.3 Å². The van der Waals surface area contributed by atoms with Gasteiger partial charge in [0, 0.05) is 19.2 Å². The Bertz CT molecular complexity index is 391. The summed E-state index contributed by atoms with van der Waals surface area (Å²) < 4.78 is 5.37. The summed E-state index contributed by atoms with van der Waals surface area (Å²) in [7, 11) is 2.09. The predicted octanol–water partition coefficient (Wildman–Crippen LogP) is 1.78. The molecule has 16 heavy (non-hydrogen) atoms. The zero-order valence-corrected chi connectivity index (χ0v) is 9.52. The lowest BCUT2D eigenvalue weighted by molar-refractivity contribution is 0.156. The summed E-state index contributed by atoms with van der Waals surface area (Å²) in [5.74, 6) is 0. The molecule has 1 unspecified atom stereocenters. The summed E-state index contributed by atoms with van der Waals surface area (Å²) in [4.78, 5) is 2.27. The van der Waals surface area contributed by atoms with Crippen molar-refractivity contribution in [3.8, 4) is 6.07 Å². The van der Waals surface area contributed by atoms with E-state index in [-0.39, 0.29) is 0 Å². The van der Waals surface area contributed by atoms with E-state index in [1.165, 1.54) is 0 Å². The van der Waals surface area contributed by atoms with Crippen LogP contribution >= 0.6 is 0 Å². The molecule has 1 aromatic rings. The van der Waals surface area contributed by atoms with Crippen LogP contribution in [0.25, 0.3) is 0 Å². The van der Waals surface area contributed by atoms with E-state index in [4.69, 9.17) is 10.00 Å². The van der Waals surface area contributed by atoms with Crippen LogP contribution in [0.4, 0.5) is 0 Å². The first-order valence-corrected chi connectivity index (χ1v) is 5.57. The lowest BCUT2D eigenvalue weighted by Crippen LogP contribution is -2.31. The summed E-state index contributed by atoms with van der Waals surface area (Å²) in [6, 6.07) is 10.5. The lowest BCUT2D eigenvalue weighted by atomic mass is 10.1. The largest absolute Gasteiger partial charge is 0.380 e. The average Bonchev–Trinajstić information content (AvgIpc) is 2.83. The fourth-order valence-corrected chi connectivity index (χ4v) is 2.03. The molecule has 0 amide bonds. The number of ether oxygens (including phenoxy) is 1. The standard InChI is InChI=1S/C13H16N2O/c1-15(13-6-7-16-10-13)9-12-5-3-2-4-11(12)8-14/h2-5,13H,6-7,9-10H2,1H3. The Morgan fingerprint density at radius 3 is 3.00 bits per heavy atom. The second-order valence-corrected chi connectivity index (χ2v) is 4.20. The fraction of sp³-hybridized carbons (Fsp3) is 0.462. The Morgan fingerprint density at radius 1 is 1.50 bits per heavy atom. The average molecular weight is 216 g/mol. The maximum Gasteiger partial charge on any atom is 0.0995 e. The van der Waals surface area contributed by atoms with Crippen LogP contribution in [0.1, 0.15) is 17.5 Å². The van der Waals surface area contributed by atoms with Crippen molar-refractivity contribution in [3.63, 3.8) is 0 Å². The maximum atomic E-state index is 9.00. The van der Waals surface area contributed by atoms with E-state index in [2.05, 4.69) is 18.0 Å². The van der Waals surface area contributed by atoms with Crippen LogP contribution in [0.5, 0.6) is 0 Å². The number of rotatable bonds is 3. The Morgan fingerprint density at radius 2 is 2.31 bits per heavy atom. The van der Waals surface area contributed by atoms with Gasteiger partial charge in [0.05, 0.1) is 18.2 Å². The van der Waals surface area contributed by atoms with Gasteiger partial charge in [0.25, 0.3) is 0 Å². The summed E-state index contributed by atoms with van der Waals surface area (Å²) in [5.41, 5.74) is 1.87. The lowest BCUT2D eigenvalue weighted by Gasteiger charge is -2.23. The van der Waals surface area contributed by atoms with E-state index < -0.39 is 0 Å². The van der Waals surface area contributed by atoms with Crippen molar-refractivity contribution >= 4 is 0 Å². The van der Waals surface area contributed by atoms with E-state index in [0.29, 0.717) is 6.04 Å². The summed E-state index contributed by atoms with van der Waals surface area (Å²) in [5, 5.41) is 9.00. The highest BCUT2D eigenvalue weighted by Crippen LogP contribution is 2.15. The van der Waals surface area contributed by atoms with Gasteiger partial charge in [-0.3, -0.25) is 4.90 Å². The van der Waals surface area contributed by atoms with E-state index >= 15 is 0 Å². The van der Waals surface area contributed by atoms with Crippen LogP contribution in [0, 0.1) is 11.3 Å². The van der Waals surface area contributed by atoms with Crippen LogP contribution in [0.15, 0.2) is 24.3 Å². The third-order valence-electron chi connectivity index (χ3n) is 3.09. The summed E-state index contributed by atoms with van der Waals surface area (Å²) in [6.07, 6.45) is 1.09. The number of benzene rings is 1.